The van der Waals surface area contributed by atoms with E-state index >= 15 is 0 Å². The number of pyridine rings is 1. The molecule has 0 fully saturated rings. The first-order chi connectivity index (χ1) is 9.18. The number of fused-ring (bicyclic) bond motifs is 1. The average molecular weight is 255 g/mol. The Morgan fingerprint density at radius 3 is 2.84 bits per heavy atom. The molecule has 2 heterocycles. The Kier molecular flexibility index (Phi) is 2.93. The molecule has 98 valence electrons. The van der Waals surface area contributed by atoms with Crippen LogP contribution in [0.25, 0.3) is 5.69 Å². The van der Waals surface area contributed by atoms with Gasteiger partial charge in [0, 0.05) is 12.6 Å². The van der Waals surface area contributed by atoms with Crippen molar-refractivity contribution >= 4 is 5.78 Å². The van der Waals surface area contributed by atoms with Crippen LogP contribution in [0.4, 0.5) is 0 Å². The molecule has 0 aromatic carbocycles. The minimum atomic E-state index is 0.236. The monoisotopic (exact) mass is 255 g/mol. The first-order valence-electron chi connectivity index (χ1n) is 6.74. The first-order valence-corrected chi connectivity index (χ1v) is 6.74. The van der Waals surface area contributed by atoms with Crippen molar-refractivity contribution in [2.75, 3.05) is 0 Å². The third-order valence-electron chi connectivity index (χ3n) is 3.53. The lowest BCUT2D eigenvalue weighted by molar-refractivity contribution is 0.0971. The second-order valence-electron chi connectivity index (χ2n) is 5.26. The minimum Gasteiger partial charge on any atom is -0.294 e. The summed E-state index contributed by atoms with van der Waals surface area (Å²) >= 11 is 0. The smallest absolute Gasteiger partial charge is 0.166 e. The molecule has 0 spiro atoms. The number of Topliss-reactive ketones (excluding diaryl/α,β-unsaturated/α-hetero) is 1. The molecule has 0 bridgehead atoms. The van der Waals surface area contributed by atoms with Gasteiger partial charge in [0.1, 0.15) is 0 Å². The summed E-state index contributed by atoms with van der Waals surface area (Å²) in [6.45, 7) is 4.21. The Balaban J connectivity index is 2.23. The van der Waals surface area contributed by atoms with Crippen LogP contribution in [-0.4, -0.2) is 20.5 Å². The highest BCUT2D eigenvalue weighted by Crippen LogP contribution is 2.30. The van der Waals surface area contributed by atoms with E-state index < -0.39 is 0 Å². The molecular formula is C15H17N3O. The lowest BCUT2D eigenvalue weighted by Crippen LogP contribution is -2.12. The Labute approximate surface area is 112 Å². The van der Waals surface area contributed by atoms with Gasteiger partial charge < -0.3 is 0 Å². The van der Waals surface area contributed by atoms with Crippen LogP contribution in [0.2, 0.25) is 0 Å². The molecule has 1 aliphatic carbocycles. The van der Waals surface area contributed by atoms with Crippen LogP contribution in [0.5, 0.6) is 0 Å². The molecule has 0 amide bonds. The molecule has 19 heavy (non-hydrogen) atoms. The summed E-state index contributed by atoms with van der Waals surface area (Å²) in [6, 6.07) is 3.86. The van der Waals surface area contributed by atoms with Crippen LogP contribution in [0.15, 0.2) is 24.5 Å². The van der Waals surface area contributed by atoms with Gasteiger partial charge in [0.25, 0.3) is 0 Å². The Hall–Kier alpha value is -1.97. The van der Waals surface area contributed by atoms with Crippen molar-refractivity contribution in [3.8, 4) is 5.69 Å². The van der Waals surface area contributed by atoms with Crippen LogP contribution in [0.1, 0.15) is 54.4 Å². The lowest BCUT2D eigenvalue weighted by Gasteiger charge is -2.13. The molecule has 2 aromatic rings. The fourth-order valence-electron chi connectivity index (χ4n) is 2.71. The van der Waals surface area contributed by atoms with Crippen LogP contribution in [0.3, 0.4) is 0 Å². The van der Waals surface area contributed by atoms with E-state index in [0.29, 0.717) is 6.42 Å². The molecule has 0 atom stereocenters. The van der Waals surface area contributed by atoms with Crippen LogP contribution >= 0.6 is 0 Å². The van der Waals surface area contributed by atoms with Crippen LogP contribution in [-0.2, 0) is 6.42 Å². The summed E-state index contributed by atoms with van der Waals surface area (Å²) in [7, 11) is 0. The van der Waals surface area contributed by atoms with Gasteiger partial charge in [-0.15, -0.1) is 0 Å². The molecule has 0 saturated heterocycles. The van der Waals surface area contributed by atoms with Crippen molar-refractivity contribution in [3.63, 3.8) is 0 Å². The van der Waals surface area contributed by atoms with E-state index in [0.717, 1.165) is 35.5 Å². The summed E-state index contributed by atoms with van der Waals surface area (Å²) in [5.74, 6) is 0.499. The first kappa shape index (κ1) is 12.1. The number of aryl methyl sites for hydroxylation is 1. The number of hydrogen-bond acceptors (Lipinski definition) is 3. The van der Waals surface area contributed by atoms with Gasteiger partial charge in [-0.3, -0.25) is 9.78 Å². The van der Waals surface area contributed by atoms with Crippen molar-refractivity contribution in [1.29, 1.82) is 0 Å². The molecule has 4 heteroatoms. The van der Waals surface area contributed by atoms with E-state index in [1.165, 1.54) is 0 Å². The zero-order valence-corrected chi connectivity index (χ0v) is 11.3. The highest BCUT2D eigenvalue weighted by molar-refractivity contribution is 5.99. The summed E-state index contributed by atoms with van der Waals surface area (Å²) in [4.78, 5) is 16.3. The summed E-state index contributed by atoms with van der Waals surface area (Å²) in [5.41, 5.74) is 3.75. The van der Waals surface area contributed by atoms with E-state index in [4.69, 9.17) is 0 Å². The average Bonchev–Trinajstić information content (AvgIpc) is 2.81. The number of rotatable bonds is 2. The number of hydrogen-bond donors (Lipinski definition) is 0. The molecule has 0 saturated carbocycles. The zero-order chi connectivity index (χ0) is 13.4. The second kappa shape index (κ2) is 4.61. The van der Waals surface area contributed by atoms with Gasteiger partial charge in [0.05, 0.1) is 28.8 Å². The Morgan fingerprint density at radius 2 is 2.16 bits per heavy atom. The highest BCUT2D eigenvalue weighted by atomic mass is 16.1. The van der Waals surface area contributed by atoms with E-state index in [9.17, 15) is 4.79 Å². The quantitative estimate of drug-likeness (QED) is 0.829. The fourth-order valence-corrected chi connectivity index (χ4v) is 2.71. The van der Waals surface area contributed by atoms with Gasteiger partial charge in [-0.2, -0.15) is 5.10 Å². The van der Waals surface area contributed by atoms with Gasteiger partial charge in [0.2, 0.25) is 0 Å². The third kappa shape index (κ3) is 1.97. The summed E-state index contributed by atoms with van der Waals surface area (Å²) < 4.78 is 1.89. The van der Waals surface area contributed by atoms with Crippen molar-refractivity contribution in [2.24, 2.45) is 0 Å². The molecule has 1 aliphatic rings. The Morgan fingerprint density at radius 1 is 1.32 bits per heavy atom. The van der Waals surface area contributed by atoms with Crippen LogP contribution in [0, 0.1) is 0 Å². The Bertz CT molecular complexity index is 614. The highest BCUT2D eigenvalue weighted by Gasteiger charge is 2.28. The molecule has 2 aromatic heterocycles. The fraction of sp³-hybridized carbons (Fsp3) is 0.400. The van der Waals surface area contributed by atoms with Gasteiger partial charge in [0.15, 0.2) is 5.78 Å². The maximum Gasteiger partial charge on any atom is 0.166 e. The van der Waals surface area contributed by atoms with Crippen LogP contribution < -0.4 is 0 Å². The van der Waals surface area contributed by atoms with Gasteiger partial charge in [-0.25, -0.2) is 4.68 Å². The van der Waals surface area contributed by atoms with Gasteiger partial charge in [-0.1, -0.05) is 13.8 Å². The molecule has 0 N–H and O–H groups in total. The van der Waals surface area contributed by atoms with E-state index in [1.807, 2.05) is 16.8 Å². The molecule has 3 rings (SSSR count). The van der Waals surface area contributed by atoms with Gasteiger partial charge in [-0.05, 0) is 30.9 Å². The predicted octanol–water partition coefficient (Wildman–Crippen LogP) is 2.91. The second-order valence-corrected chi connectivity index (χ2v) is 5.26. The zero-order valence-electron chi connectivity index (χ0n) is 11.3. The molecular weight excluding hydrogens is 238 g/mol. The molecule has 4 nitrogen and oxygen atoms in total. The van der Waals surface area contributed by atoms with Crippen molar-refractivity contribution in [2.45, 2.75) is 39.0 Å². The maximum absolute atomic E-state index is 12.2. The molecule has 0 radical (unpaired) electrons. The standard InChI is InChI=1S/C15H17N3O/c1-10(2)15-14-12(6-3-7-13(14)19)17-18(15)11-5-4-8-16-9-11/h4-5,8-10H,3,6-7H2,1-2H3. The third-order valence-corrected chi connectivity index (χ3v) is 3.53. The number of carbonyl (C=O) groups is 1. The van der Waals surface area contributed by atoms with Crippen molar-refractivity contribution in [3.05, 3.63) is 41.5 Å². The molecule has 0 aliphatic heterocycles. The normalized spacial score (nSPS) is 14.8. The largest absolute Gasteiger partial charge is 0.294 e. The topological polar surface area (TPSA) is 47.8 Å². The van der Waals surface area contributed by atoms with E-state index in [-0.39, 0.29) is 11.7 Å². The number of aromatic nitrogens is 3. The minimum absolute atomic E-state index is 0.236. The summed E-state index contributed by atoms with van der Waals surface area (Å²) in [5, 5.41) is 4.65. The van der Waals surface area contributed by atoms with Crippen molar-refractivity contribution in [1.82, 2.24) is 14.8 Å². The lowest BCUT2D eigenvalue weighted by atomic mass is 9.91. The number of carbonyl (C=O) groups excluding carboxylic acids is 1. The van der Waals surface area contributed by atoms with Gasteiger partial charge >= 0.3 is 0 Å². The molecule has 0 unspecified atom stereocenters. The summed E-state index contributed by atoms with van der Waals surface area (Å²) in [6.07, 6.45) is 5.98. The van der Waals surface area contributed by atoms with E-state index in [2.05, 4.69) is 23.9 Å². The van der Waals surface area contributed by atoms with E-state index in [1.54, 1.807) is 12.4 Å². The predicted molar refractivity (Wildman–Crippen MR) is 72.7 cm³/mol. The maximum atomic E-state index is 12.2. The van der Waals surface area contributed by atoms with Crippen molar-refractivity contribution < 1.29 is 4.79 Å². The SMILES string of the molecule is CC(C)c1c2c(nn1-c1cccnc1)CCCC2=O. The number of nitrogens with zero attached hydrogens (tertiary/aromatic N) is 3. The number of ketones is 1.